The zero-order valence-corrected chi connectivity index (χ0v) is 16.9. The fourth-order valence-corrected chi connectivity index (χ4v) is 4.65. The van der Waals surface area contributed by atoms with E-state index in [0.29, 0.717) is 5.69 Å². The van der Waals surface area contributed by atoms with Crippen LogP contribution in [-0.2, 0) is 21.9 Å². The normalized spacial score (nSPS) is 11.5. The Morgan fingerprint density at radius 1 is 1.26 bits per heavy atom. The highest BCUT2D eigenvalue weighted by molar-refractivity contribution is 7.92. The highest BCUT2D eigenvalue weighted by Crippen LogP contribution is 2.27. The largest absolute Gasteiger partial charge is 0.324 e. The molecule has 0 saturated heterocycles. The van der Waals surface area contributed by atoms with E-state index in [1.54, 1.807) is 43.4 Å². The van der Waals surface area contributed by atoms with Crippen molar-refractivity contribution >= 4 is 60.5 Å². The molecule has 27 heavy (non-hydrogen) atoms. The number of amides is 1. The zero-order chi connectivity index (χ0) is 19.8. The van der Waals surface area contributed by atoms with Crippen LogP contribution in [-0.4, -0.2) is 31.7 Å². The summed E-state index contributed by atoms with van der Waals surface area (Å²) < 4.78 is 27.5. The number of aromatic nitrogens is 1. The fourth-order valence-electron chi connectivity index (χ4n) is 2.58. The molecule has 1 heterocycles. The van der Waals surface area contributed by atoms with Crippen molar-refractivity contribution < 1.29 is 13.2 Å². The van der Waals surface area contributed by atoms with Crippen LogP contribution in [0.4, 0.5) is 11.4 Å². The van der Waals surface area contributed by atoms with Crippen LogP contribution < -0.4 is 14.5 Å². The number of hydrogen-bond donors (Lipinski definition) is 1. The lowest BCUT2D eigenvalue weighted by Crippen LogP contribution is -2.37. The van der Waals surface area contributed by atoms with E-state index in [1.165, 1.54) is 10.6 Å². The number of halogens is 1. The number of aryl methyl sites for hydroxylation is 1. The Labute approximate surface area is 164 Å². The monoisotopic (exact) mass is 425 g/mol. The molecule has 0 aliphatic carbocycles. The Hall–Kier alpha value is -2.36. The number of fused-ring (bicyclic) bond motifs is 1. The molecular weight excluding hydrogens is 410 g/mol. The molecule has 3 aromatic rings. The Bertz CT molecular complexity index is 1180. The van der Waals surface area contributed by atoms with Crippen molar-refractivity contribution in [3.05, 3.63) is 57.2 Å². The van der Waals surface area contributed by atoms with Crippen LogP contribution in [0, 0.1) is 0 Å². The molecule has 0 unspecified atom stereocenters. The molecule has 1 N–H and O–H groups in total. The van der Waals surface area contributed by atoms with Crippen molar-refractivity contribution in [3.8, 4) is 0 Å². The molecule has 0 saturated carbocycles. The summed E-state index contributed by atoms with van der Waals surface area (Å²) in [5.41, 5.74) is 1.47. The van der Waals surface area contributed by atoms with E-state index < -0.39 is 22.5 Å². The summed E-state index contributed by atoms with van der Waals surface area (Å²) in [6.07, 6.45) is 1.01. The molecule has 7 nitrogen and oxygen atoms in total. The topological polar surface area (TPSA) is 88.5 Å². The third-order valence-corrected chi connectivity index (χ3v) is 6.33. The Morgan fingerprint density at radius 2 is 1.96 bits per heavy atom. The van der Waals surface area contributed by atoms with E-state index in [1.807, 2.05) is 0 Å². The van der Waals surface area contributed by atoms with Gasteiger partial charge in [-0.1, -0.05) is 35.1 Å². The Morgan fingerprint density at radius 3 is 2.63 bits per heavy atom. The second-order valence-corrected chi connectivity index (χ2v) is 9.19. The number of carbonyl (C=O) groups excluding carboxylic acids is 1. The van der Waals surface area contributed by atoms with Gasteiger partial charge in [0.25, 0.3) is 0 Å². The van der Waals surface area contributed by atoms with Crippen LogP contribution >= 0.6 is 22.9 Å². The standard InChI is InChI=1S/C17H16ClN3O4S2/c1-20-14-8-7-11(9-15(14)26-17(20)23)19-16(22)10-21(27(2,24)25)13-6-4-3-5-12(13)18/h3-9H,10H2,1-2H3,(H,19,22). The minimum absolute atomic E-state index is 0.101. The molecule has 0 bridgehead atoms. The van der Waals surface area contributed by atoms with Crippen LogP contribution in [0.3, 0.4) is 0 Å². The average Bonchev–Trinajstić information content (AvgIpc) is 2.86. The maximum Gasteiger partial charge on any atom is 0.307 e. The lowest BCUT2D eigenvalue weighted by molar-refractivity contribution is -0.114. The molecular formula is C17H16ClN3O4S2. The molecule has 0 atom stereocenters. The van der Waals surface area contributed by atoms with Crippen molar-refractivity contribution in [1.29, 1.82) is 0 Å². The summed E-state index contributed by atoms with van der Waals surface area (Å²) >= 11 is 7.15. The van der Waals surface area contributed by atoms with Crippen LogP contribution in [0.1, 0.15) is 0 Å². The molecule has 1 aromatic heterocycles. The number of benzene rings is 2. The number of thiazole rings is 1. The van der Waals surface area contributed by atoms with E-state index >= 15 is 0 Å². The van der Waals surface area contributed by atoms with Crippen LogP contribution in [0.25, 0.3) is 10.2 Å². The van der Waals surface area contributed by atoms with E-state index in [-0.39, 0.29) is 15.6 Å². The summed E-state index contributed by atoms with van der Waals surface area (Å²) in [7, 11) is -2.05. The number of nitrogens with one attached hydrogen (secondary N) is 1. The molecule has 0 fully saturated rings. The molecule has 0 aliphatic rings. The number of hydrogen-bond acceptors (Lipinski definition) is 5. The smallest absolute Gasteiger partial charge is 0.307 e. The van der Waals surface area contributed by atoms with Gasteiger partial charge < -0.3 is 9.88 Å². The van der Waals surface area contributed by atoms with Gasteiger partial charge in [-0.3, -0.25) is 13.9 Å². The number of carbonyl (C=O) groups is 1. The van der Waals surface area contributed by atoms with Gasteiger partial charge in [0.05, 0.1) is 27.2 Å². The number of sulfonamides is 1. The second kappa shape index (κ2) is 7.34. The summed E-state index contributed by atoms with van der Waals surface area (Å²) in [4.78, 5) is 24.1. The minimum Gasteiger partial charge on any atom is -0.324 e. The molecule has 0 spiro atoms. The first kappa shape index (κ1) is 19.4. The second-order valence-electron chi connectivity index (χ2n) is 5.88. The van der Waals surface area contributed by atoms with Gasteiger partial charge in [-0.2, -0.15) is 0 Å². The number of rotatable bonds is 5. The molecule has 1 amide bonds. The van der Waals surface area contributed by atoms with Gasteiger partial charge in [-0.05, 0) is 30.3 Å². The van der Waals surface area contributed by atoms with Crippen molar-refractivity contribution in [2.24, 2.45) is 7.05 Å². The molecule has 2 aromatic carbocycles. The van der Waals surface area contributed by atoms with Gasteiger partial charge in [0.15, 0.2) is 0 Å². The van der Waals surface area contributed by atoms with E-state index in [2.05, 4.69) is 5.32 Å². The van der Waals surface area contributed by atoms with Crippen molar-refractivity contribution in [1.82, 2.24) is 4.57 Å². The average molecular weight is 426 g/mol. The van der Waals surface area contributed by atoms with Gasteiger partial charge in [-0.25, -0.2) is 8.42 Å². The van der Waals surface area contributed by atoms with Gasteiger partial charge in [0, 0.05) is 12.7 Å². The van der Waals surface area contributed by atoms with E-state index in [9.17, 15) is 18.0 Å². The first-order valence-corrected chi connectivity index (χ1v) is 10.8. The zero-order valence-electron chi connectivity index (χ0n) is 14.5. The third-order valence-electron chi connectivity index (χ3n) is 3.88. The molecule has 10 heteroatoms. The van der Waals surface area contributed by atoms with E-state index in [4.69, 9.17) is 11.6 Å². The Balaban J connectivity index is 1.85. The van der Waals surface area contributed by atoms with Crippen molar-refractivity contribution in [2.45, 2.75) is 0 Å². The molecule has 0 aliphatic heterocycles. The summed E-state index contributed by atoms with van der Waals surface area (Å²) in [6.45, 7) is -0.425. The highest BCUT2D eigenvalue weighted by Gasteiger charge is 2.23. The first-order valence-electron chi connectivity index (χ1n) is 7.78. The summed E-state index contributed by atoms with van der Waals surface area (Å²) in [5, 5.41) is 2.89. The molecule has 0 radical (unpaired) electrons. The van der Waals surface area contributed by atoms with Crippen LogP contribution in [0.5, 0.6) is 0 Å². The van der Waals surface area contributed by atoms with Crippen LogP contribution in [0.2, 0.25) is 5.02 Å². The predicted octanol–water partition coefficient (Wildman–Crippen LogP) is 2.66. The minimum atomic E-state index is -3.72. The maximum absolute atomic E-state index is 12.4. The quantitative estimate of drug-likeness (QED) is 0.680. The summed E-state index contributed by atoms with van der Waals surface area (Å²) in [5.74, 6) is -0.525. The van der Waals surface area contributed by atoms with Crippen molar-refractivity contribution in [3.63, 3.8) is 0 Å². The van der Waals surface area contributed by atoms with Gasteiger partial charge in [0.2, 0.25) is 15.9 Å². The SMILES string of the molecule is Cn1c(=O)sc2cc(NC(=O)CN(c3ccccc3Cl)S(C)(=O)=O)ccc21. The predicted molar refractivity (Wildman–Crippen MR) is 109 cm³/mol. The lowest BCUT2D eigenvalue weighted by atomic mass is 10.3. The number of anilines is 2. The van der Waals surface area contributed by atoms with E-state index in [0.717, 1.165) is 32.1 Å². The first-order chi connectivity index (χ1) is 12.7. The third kappa shape index (κ3) is 4.15. The number of nitrogens with zero attached hydrogens (tertiary/aromatic N) is 2. The Kier molecular flexibility index (Phi) is 5.27. The maximum atomic E-state index is 12.4. The molecule has 3 rings (SSSR count). The van der Waals surface area contributed by atoms with Gasteiger partial charge >= 0.3 is 4.87 Å². The number of para-hydroxylation sites is 1. The fraction of sp³-hybridized carbons (Fsp3) is 0.176. The molecule has 142 valence electrons. The van der Waals surface area contributed by atoms with Gasteiger partial charge in [-0.15, -0.1) is 0 Å². The van der Waals surface area contributed by atoms with Crippen LogP contribution in [0.15, 0.2) is 47.3 Å². The highest BCUT2D eigenvalue weighted by atomic mass is 35.5. The summed E-state index contributed by atoms with van der Waals surface area (Å²) in [6, 6.07) is 11.5. The lowest BCUT2D eigenvalue weighted by Gasteiger charge is -2.22. The van der Waals surface area contributed by atoms with Gasteiger partial charge in [0.1, 0.15) is 6.54 Å². The van der Waals surface area contributed by atoms with Crippen molar-refractivity contribution in [2.75, 3.05) is 22.4 Å².